The normalized spacial score (nSPS) is 32.5. The van der Waals surface area contributed by atoms with Gasteiger partial charge in [-0.05, 0) is 32.3 Å². The first-order chi connectivity index (χ1) is 6.59. The summed E-state index contributed by atoms with van der Waals surface area (Å²) < 4.78 is 5.97. The van der Waals surface area contributed by atoms with Crippen molar-refractivity contribution in [2.24, 2.45) is 5.41 Å². The number of rotatable bonds is 1. The minimum absolute atomic E-state index is 0.268. The molecule has 2 rings (SSSR count). The third-order valence-corrected chi connectivity index (χ3v) is 3.35. The summed E-state index contributed by atoms with van der Waals surface area (Å²) in [5.41, 5.74) is 0.268. The molecule has 1 fully saturated rings. The maximum atomic E-state index is 5.97. The smallest absolute Gasteiger partial charge is 0.157 e. The number of likely N-dealkylation sites (tertiary alicyclic amines) is 1. The molecule has 0 aromatic carbocycles. The summed E-state index contributed by atoms with van der Waals surface area (Å²) in [6, 6.07) is 0. The van der Waals surface area contributed by atoms with Crippen molar-refractivity contribution in [1.82, 2.24) is 4.90 Å². The highest BCUT2D eigenvalue weighted by molar-refractivity contribution is 5.01. The van der Waals surface area contributed by atoms with Gasteiger partial charge in [0, 0.05) is 18.5 Å². The van der Waals surface area contributed by atoms with E-state index < -0.39 is 0 Å². The highest BCUT2D eigenvalue weighted by Gasteiger charge is 2.38. The summed E-state index contributed by atoms with van der Waals surface area (Å²) in [5.74, 6) is 1.10. The number of hydrogen-bond acceptors (Lipinski definition) is 2. The van der Waals surface area contributed by atoms with E-state index in [0.29, 0.717) is 6.23 Å². The lowest BCUT2D eigenvalue weighted by Gasteiger charge is -2.42. The van der Waals surface area contributed by atoms with Crippen LogP contribution in [0.5, 0.6) is 0 Å². The second kappa shape index (κ2) is 3.58. The van der Waals surface area contributed by atoms with Crippen molar-refractivity contribution < 1.29 is 4.74 Å². The van der Waals surface area contributed by atoms with Gasteiger partial charge >= 0.3 is 0 Å². The van der Waals surface area contributed by atoms with Gasteiger partial charge in [-0.25, -0.2) is 0 Å². The molecule has 1 saturated heterocycles. The van der Waals surface area contributed by atoms with Crippen molar-refractivity contribution in [3.05, 3.63) is 11.8 Å². The van der Waals surface area contributed by atoms with Crippen molar-refractivity contribution in [3.8, 4) is 0 Å². The molecule has 0 aliphatic carbocycles. The zero-order valence-electron chi connectivity index (χ0n) is 9.55. The van der Waals surface area contributed by atoms with Gasteiger partial charge in [0.25, 0.3) is 0 Å². The second-order valence-corrected chi connectivity index (χ2v) is 5.22. The van der Waals surface area contributed by atoms with Gasteiger partial charge in [-0.2, -0.15) is 0 Å². The first-order valence-electron chi connectivity index (χ1n) is 5.67. The van der Waals surface area contributed by atoms with Crippen LogP contribution in [0, 0.1) is 5.41 Å². The summed E-state index contributed by atoms with van der Waals surface area (Å²) in [4.78, 5) is 2.50. The van der Waals surface area contributed by atoms with Crippen LogP contribution in [0.2, 0.25) is 0 Å². The van der Waals surface area contributed by atoms with E-state index in [1.54, 1.807) is 0 Å². The molecule has 80 valence electrons. The molecule has 0 amide bonds. The Morgan fingerprint density at radius 2 is 2.00 bits per heavy atom. The molecule has 14 heavy (non-hydrogen) atoms. The Bertz CT molecular complexity index is 239. The lowest BCUT2D eigenvalue weighted by molar-refractivity contribution is -0.0971. The van der Waals surface area contributed by atoms with Crippen molar-refractivity contribution in [2.75, 3.05) is 13.1 Å². The van der Waals surface area contributed by atoms with E-state index in [9.17, 15) is 0 Å². The van der Waals surface area contributed by atoms with E-state index in [4.69, 9.17) is 4.74 Å². The fourth-order valence-corrected chi connectivity index (χ4v) is 2.44. The van der Waals surface area contributed by atoms with E-state index in [1.807, 2.05) is 0 Å². The number of nitrogens with zero attached hydrogens (tertiary/aromatic N) is 1. The Morgan fingerprint density at radius 1 is 1.36 bits per heavy atom. The number of hydrogen-bond donors (Lipinski definition) is 0. The highest BCUT2D eigenvalue weighted by atomic mass is 16.5. The van der Waals surface area contributed by atoms with Gasteiger partial charge in [-0.1, -0.05) is 13.8 Å². The summed E-state index contributed by atoms with van der Waals surface area (Å²) in [6.45, 7) is 9.10. The first-order valence-corrected chi connectivity index (χ1v) is 5.67. The zero-order chi connectivity index (χ0) is 10.2. The van der Waals surface area contributed by atoms with E-state index >= 15 is 0 Å². The van der Waals surface area contributed by atoms with Crippen molar-refractivity contribution >= 4 is 0 Å². The fourth-order valence-electron chi connectivity index (χ4n) is 2.44. The van der Waals surface area contributed by atoms with Crippen LogP contribution in [0.3, 0.4) is 0 Å². The Labute approximate surface area is 86.9 Å². The van der Waals surface area contributed by atoms with Crippen LogP contribution in [0.1, 0.15) is 40.0 Å². The summed E-state index contributed by atoms with van der Waals surface area (Å²) in [7, 11) is 0. The minimum Gasteiger partial charge on any atom is -0.480 e. The molecule has 2 nitrogen and oxygen atoms in total. The summed E-state index contributed by atoms with van der Waals surface area (Å²) >= 11 is 0. The molecular formula is C12H21NO. The molecule has 0 aromatic heterocycles. The van der Waals surface area contributed by atoms with Gasteiger partial charge in [-0.3, -0.25) is 4.90 Å². The average Bonchev–Trinajstić information content (AvgIpc) is 2.62. The largest absolute Gasteiger partial charge is 0.480 e. The molecule has 0 aromatic rings. The Hall–Kier alpha value is -0.500. The van der Waals surface area contributed by atoms with E-state index in [1.165, 1.54) is 25.9 Å². The molecule has 0 saturated carbocycles. The third-order valence-electron chi connectivity index (χ3n) is 3.35. The van der Waals surface area contributed by atoms with Crippen LogP contribution in [0.25, 0.3) is 0 Å². The molecule has 0 spiro atoms. The first kappa shape index (κ1) is 10.0. The minimum atomic E-state index is 0.268. The molecule has 0 bridgehead atoms. The molecule has 2 heterocycles. The van der Waals surface area contributed by atoms with Crippen molar-refractivity contribution in [3.63, 3.8) is 0 Å². The molecule has 2 aliphatic heterocycles. The van der Waals surface area contributed by atoms with Crippen LogP contribution in [-0.2, 0) is 4.74 Å². The van der Waals surface area contributed by atoms with Gasteiger partial charge in [0.2, 0.25) is 0 Å². The quantitative estimate of drug-likeness (QED) is 0.638. The highest BCUT2D eigenvalue weighted by Crippen LogP contribution is 2.37. The van der Waals surface area contributed by atoms with Crippen molar-refractivity contribution in [1.29, 1.82) is 0 Å². The molecule has 0 radical (unpaired) electrons. The maximum Gasteiger partial charge on any atom is 0.157 e. The predicted molar refractivity (Wildman–Crippen MR) is 57.8 cm³/mol. The lowest BCUT2D eigenvalue weighted by atomic mass is 9.84. The predicted octanol–water partition coefficient (Wildman–Crippen LogP) is 2.76. The monoisotopic (exact) mass is 195 g/mol. The van der Waals surface area contributed by atoms with E-state index in [0.717, 1.165) is 12.2 Å². The molecule has 0 N–H and O–H groups in total. The van der Waals surface area contributed by atoms with Gasteiger partial charge in [0.1, 0.15) is 0 Å². The van der Waals surface area contributed by atoms with Gasteiger partial charge in [0.05, 0.1) is 5.76 Å². The van der Waals surface area contributed by atoms with Crippen LogP contribution in [0.15, 0.2) is 11.8 Å². The van der Waals surface area contributed by atoms with Crippen LogP contribution >= 0.6 is 0 Å². The van der Waals surface area contributed by atoms with E-state index in [-0.39, 0.29) is 5.41 Å². The van der Waals surface area contributed by atoms with E-state index in [2.05, 4.69) is 31.7 Å². The summed E-state index contributed by atoms with van der Waals surface area (Å²) in [6.07, 6.45) is 6.32. The Kier molecular flexibility index (Phi) is 2.56. The molecule has 2 aliphatic rings. The van der Waals surface area contributed by atoms with Crippen molar-refractivity contribution in [2.45, 2.75) is 46.3 Å². The maximum absolute atomic E-state index is 5.97. The Morgan fingerprint density at radius 3 is 2.64 bits per heavy atom. The molecule has 1 unspecified atom stereocenters. The third kappa shape index (κ3) is 1.81. The molecular weight excluding hydrogens is 174 g/mol. The fraction of sp³-hybridized carbons (Fsp3) is 0.833. The summed E-state index contributed by atoms with van der Waals surface area (Å²) in [5, 5.41) is 0. The standard InChI is InChI=1S/C12H21NO/c1-10-6-7-12(2,3)11(14-10)13-8-4-5-9-13/h6,11H,4-5,7-9H2,1-3H3. The lowest BCUT2D eigenvalue weighted by Crippen LogP contribution is -2.46. The topological polar surface area (TPSA) is 12.5 Å². The SMILES string of the molecule is CC1=CCC(C)(C)C(N2CCCC2)O1. The van der Waals surface area contributed by atoms with Gasteiger partial charge in [-0.15, -0.1) is 0 Å². The van der Waals surface area contributed by atoms with Crippen LogP contribution < -0.4 is 0 Å². The van der Waals surface area contributed by atoms with Crippen LogP contribution in [0.4, 0.5) is 0 Å². The molecule has 2 heteroatoms. The van der Waals surface area contributed by atoms with Gasteiger partial charge < -0.3 is 4.74 Å². The van der Waals surface area contributed by atoms with Gasteiger partial charge in [0.15, 0.2) is 6.23 Å². The number of ether oxygens (including phenoxy) is 1. The number of allylic oxidation sites excluding steroid dienone is 2. The average molecular weight is 195 g/mol. The molecule has 1 atom stereocenters. The van der Waals surface area contributed by atoms with Crippen LogP contribution in [-0.4, -0.2) is 24.2 Å². The zero-order valence-corrected chi connectivity index (χ0v) is 9.55. The Balaban J connectivity index is 2.11. The second-order valence-electron chi connectivity index (χ2n) is 5.22.